The molecular formula is C18H30N4O. The number of carbonyl (C=O) groups excluding carboxylic acids is 1. The van der Waals surface area contributed by atoms with Crippen LogP contribution in [0.1, 0.15) is 12.8 Å². The van der Waals surface area contributed by atoms with Crippen LogP contribution in [0.3, 0.4) is 0 Å². The third kappa shape index (κ3) is 5.84. The highest BCUT2D eigenvalue weighted by molar-refractivity contribution is 5.75. The topological polar surface area (TPSA) is 38.8 Å². The summed E-state index contributed by atoms with van der Waals surface area (Å²) in [6, 6.07) is 10.6. The average molecular weight is 318 g/mol. The van der Waals surface area contributed by atoms with Gasteiger partial charge in [-0.1, -0.05) is 18.2 Å². The van der Waals surface area contributed by atoms with Gasteiger partial charge in [0.2, 0.25) is 5.91 Å². The van der Waals surface area contributed by atoms with E-state index in [2.05, 4.69) is 45.4 Å². The zero-order valence-corrected chi connectivity index (χ0v) is 14.5. The number of hydrogen-bond acceptors (Lipinski definition) is 4. The molecule has 1 heterocycles. The first-order valence-electron chi connectivity index (χ1n) is 8.61. The molecule has 0 spiro atoms. The molecule has 23 heavy (non-hydrogen) atoms. The molecule has 5 nitrogen and oxygen atoms in total. The van der Waals surface area contributed by atoms with Crippen molar-refractivity contribution in [2.45, 2.75) is 12.8 Å². The molecule has 0 bridgehead atoms. The van der Waals surface area contributed by atoms with Crippen LogP contribution in [0.15, 0.2) is 30.3 Å². The Morgan fingerprint density at radius 2 is 1.87 bits per heavy atom. The zero-order chi connectivity index (χ0) is 16.5. The molecule has 1 aromatic rings. The first-order chi connectivity index (χ1) is 11.2. The lowest BCUT2D eigenvalue weighted by molar-refractivity contribution is -0.130. The third-order valence-corrected chi connectivity index (χ3v) is 4.49. The number of nitrogens with zero attached hydrogens (tertiary/aromatic N) is 3. The molecule has 1 amide bonds. The lowest BCUT2D eigenvalue weighted by Gasteiger charge is -2.36. The summed E-state index contributed by atoms with van der Waals surface area (Å²) in [4.78, 5) is 18.8. The molecule has 0 aliphatic carbocycles. The minimum absolute atomic E-state index is 0.253. The van der Waals surface area contributed by atoms with Gasteiger partial charge in [0.15, 0.2) is 0 Å². The smallest absolute Gasteiger partial charge is 0.222 e. The maximum Gasteiger partial charge on any atom is 0.222 e. The molecule has 1 aliphatic heterocycles. The molecule has 5 heteroatoms. The molecule has 1 N–H and O–H groups in total. The van der Waals surface area contributed by atoms with E-state index in [-0.39, 0.29) is 5.91 Å². The van der Waals surface area contributed by atoms with E-state index >= 15 is 0 Å². The summed E-state index contributed by atoms with van der Waals surface area (Å²) in [7, 11) is 3.84. The Morgan fingerprint density at radius 3 is 2.52 bits per heavy atom. The van der Waals surface area contributed by atoms with Crippen LogP contribution in [0.25, 0.3) is 0 Å². The second-order valence-electron chi connectivity index (χ2n) is 6.19. The van der Waals surface area contributed by atoms with Crippen molar-refractivity contribution in [3.63, 3.8) is 0 Å². The van der Waals surface area contributed by atoms with Crippen LogP contribution in [0, 0.1) is 0 Å². The molecule has 0 aromatic heterocycles. The van der Waals surface area contributed by atoms with E-state index in [4.69, 9.17) is 0 Å². The first kappa shape index (κ1) is 17.8. The summed E-state index contributed by atoms with van der Waals surface area (Å²) >= 11 is 0. The number of nitrogens with one attached hydrogen (secondary N) is 1. The van der Waals surface area contributed by atoms with Crippen molar-refractivity contribution in [1.82, 2.24) is 15.1 Å². The van der Waals surface area contributed by atoms with Crippen LogP contribution < -0.4 is 10.2 Å². The summed E-state index contributed by atoms with van der Waals surface area (Å²) < 4.78 is 0. The molecule has 1 fully saturated rings. The normalized spacial score (nSPS) is 15.7. The van der Waals surface area contributed by atoms with Crippen molar-refractivity contribution in [2.75, 3.05) is 64.8 Å². The monoisotopic (exact) mass is 318 g/mol. The fourth-order valence-electron chi connectivity index (χ4n) is 2.89. The van der Waals surface area contributed by atoms with Gasteiger partial charge in [-0.25, -0.2) is 0 Å². The van der Waals surface area contributed by atoms with Crippen LogP contribution in [0.5, 0.6) is 0 Å². The second kappa shape index (κ2) is 9.53. The van der Waals surface area contributed by atoms with Gasteiger partial charge in [0.05, 0.1) is 0 Å². The van der Waals surface area contributed by atoms with Crippen molar-refractivity contribution >= 4 is 11.6 Å². The van der Waals surface area contributed by atoms with E-state index in [9.17, 15) is 4.79 Å². The Labute approximate surface area is 140 Å². The summed E-state index contributed by atoms with van der Waals surface area (Å²) in [5, 5.41) is 3.08. The van der Waals surface area contributed by atoms with E-state index in [0.29, 0.717) is 6.42 Å². The quantitative estimate of drug-likeness (QED) is 0.733. The van der Waals surface area contributed by atoms with E-state index in [0.717, 1.165) is 52.2 Å². The molecule has 0 saturated carbocycles. The summed E-state index contributed by atoms with van der Waals surface area (Å²) in [5.41, 5.74) is 1.31. The minimum Gasteiger partial charge on any atom is -0.369 e. The first-order valence-corrected chi connectivity index (χ1v) is 8.61. The largest absolute Gasteiger partial charge is 0.369 e. The molecule has 1 saturated heterocycles. The van der Waals surface area contributed by atoms with Crippen LogP contribution >= 0.6 is 0 Å². The molecule has 0 unspecified atom stereocenters. The van der Waals surface area contributed by atoms with E-state index in [1.165, 1.54) is 5.69 Å². The van der Waals surface area contributed by atoms with Gasteiger partial charge in [-0.2, -0.15) is 0 Å². The van der Waals surface area contributed by atoms with Crippen molar-refractivity contribution < 1.29 is 4.79 Å². The standard InChI is InChI=1S/C18H30N4O/c1-19-10-6-9-18(23)20(2)11-12-21-13-15-22(16-14-21)17-7-4-3-5-8-17/h3-5,7-8,19H,6,9-16H2,1-2H3. The van der Waals surface area contributed by atoms with Gasteiger partial charge in [-0.15, -0.1) is 0 Å². The van der Waals surface area contributed by atoms with Gasteiger partial charge < -0.3 is 15.1 Å². The number of benzene rings is 1. The number of para-hydroxylation sites is 1. The van der Waals surface area contributed by atoms with Crippen LogP contribution in [0.4, 0.5) is 5.69 Å². The number of carbonyl (C=O) groups is 1. The number of anilines is 1. The Bertz CT molecular complexity index is 457. The Kier molecular flexibility index (Phi) is 7.36. The predicted molar refractivity (Wildman–Crippen MR) is 95.9 cm³/mol. The number of rotatable bonds is 8. The number of amides is 1. The molecule has 128 valence electrons. The van der Waals surface area contributed by atoms with E-state index in [1.54, 1.807) is 0 Å². The van der Waals surface area contributed by atoms with Crippen molar-refractivity contribution in [1.29, 1.82) is 0 Å². The maximum atomic E-state index is 12.0. The summed E-state index contributed by atoms with van der Waals surface area (Å²) in [6.07, 6.45) is 1.55. The highest BCUT2D eigenvalue weighted by Gasteiger charge is 2.17. The maximum absolute atomic E-state index is 12.0. The van der Waals surface area contributed by atoms with E-state index < -0.39 is 0 Å². The van der Waals surface area contributed by atoms with Gasteiger partial charge in [-0.05, 0) is 32.1 Å². The fraction of sp³-hybridized carbons (Fsp3) is 0.611. The van der Waals surface area contributed by atoms with Crippen LogP contribution in [-0.4, -0.2) is 75.6 Å². The summed E-state index contributed by atoms with van der Waals surface area (Å²) in [5.74, 6) is 0.253. The Hall–Kier alpha value is -1.59. The number of likely N-dealkylation sites (N-methyl/N-ethyl adjacent to an activating group) is 1. The molecule has 1 aliphatic rings. The fourth-order valence-corrected chi connectivity index (χ4v) is 2.89. The van der Waals surface area contributed by atoms with Gasteiger partial charge in [-0.3, -0.25) is 9.69 Å². The van der Waals surface area contributed by atoms with Crippen molar-refractivity contribution in [3.8, 4) is 0 Å². The molecule has 2 rings (SSSR count). The highest BCUT2D eigenvalue weighted by atomic mass is 16.2. The average Bonchev–Trinajstić information content (AvgIpc) is 2.61. The lowest BCUT2D eigenvalue weighted by Crippen LogP contribution is -2.48. The highest BCUT2D eigenvalue weighted by Crippen LogP contribution is 2.15. The molecular weight excluding hydrogens is 288 g/mol. The minimum atomic E-state index is 0.253. The van der Waals surface area contributed by atoms with E-state index in [1.807, 2.05) is 19.0 Å². The number of piperazine rings is 1. The van der Waals surface area contributed by atoms with Crippen LogP contribution in [0.2, 0.25) is 0 Å². The molecule has 0 radical (unpaired) electrons. The molecule has 0 atom stereocenters. The lowest BCUT2D eigenvalue weighted by atomic mass is 10.2. The van der Waals surface area contributed by atoms with Gasteiger partial charge in [0.25, 0.3) is 0 Å². The van der Waals surface area contributed by atoms with Crippen molar-refractivity contribution in [2.24, 2.45) is 0 Å². The van der Waals surface area contributed by atoms with Crippen molar-refractivity contribution in [3.05, 3.63) is 30.3 Å². The van der Waals surface area contributed by atoms with Gasteiger partial charge >= 0.3 is 0 Å². The number of hydrogen-bond donors (Lipinski definition) is 1. The van der Waals surface area contributed by atoms with Crippen LogP contribution in [-0.2, 0) is 4.79 Å². The van der Waals surface area contributed by atoms with Gasteiger partial charge in [0.1, 0.15) is 0 Å². The van der Waals surface area contributed by atoms with Gasteiger partial charge in [0, 0.05) is 58.4 Å². The SMILES string of the molecule is CNCCCC(=O)N(C)CCN1CCN(c2ccccc2)CC1. The third-order valence-electron chi connectivity index (χ3n) is 4.49. The Morgan fingerprint density at radius 1 is 1.17 bits per heavy atom. The summed E-state index contributed by atoms with van der Waals surface area (Å²) in [6.45, 7) is 6.95. The predicted octanol–water partition coefficient (Wildman–Crippen LogP) is 1.27. The molecule has 1 aromatic carbocycles. The Balaban J connectivity index is 1.65. The zero-order valence-electron chi connectivity index (χ0n) is 14.5. The second-order valence-corrected chi connectivity index (χ2v) is 6.19.